The monoisotopic (exact) mass is 250 g/mol. The Kier molecular flexibility index (Phi) is 2.95. The van der Waals surface area contributed by atoms with Crippen LogP contribution in [0.2, 0.25) is 5.02 Å². The Hall–Kier alpha value is -2.10. The molecule has 1 heterocycles. The van der Waals surface area contributed by atoms with Crippen LogP contribution in [0.1, 0.15) is 0 Å². The molecule has 1 fully saturated rings. The first-order chi connectivity index (χ1) is 8.11. The lowest BCUT2D eigenvalue weighted by Crippen LogP contribution is -2.64. The number of hydrogen-bond acceptors (Lipinski definition) is 4. The largest absolute Gasteiger partial charge is 0.343 e. The van der Waals surface area contributed by atoms with Gasteiger partial charge in [-0.1, -0.05) is 11.6 Å². The fourth-order valence-corrected chi connectivity index (χ4v) is 1.48. The molecule has 1 aliphatic heterocycles. The van der Waals surface area contributed by atoms with E-state index in [1.807, 2.05) is 0 Å². The number of carbonyl (C=O) groups excluding carboxylic acids is 2. The lowest BCUT2D eigenvalue weighted by Gasteiger charge is -2.29. The molecule has 17 heavy (non-hydrogen) atoms. The van der Waals surface area contributed by atoms with E-state index in [0.29, 0.717) is 10.7 Å². The second kappa shape index (κ2) is 4.41. The third-order valence-electron chi connectivity index (χ3n) is 2.17. The van der Waals surface area contributed by atoms with E-state index in [1.54, 1.807) is 30.3 Å². The Labute approximate surface area is 102 Å². The first-order valence-electron chi connectivity index (χ1n) is 4.68. The minimum atomic E-state index is -1.09. The first-order valence-corrected chi connectivity index (χ1v) is 5.06. The van der Waals surface area contributed by atoms with Crippen molar-refractivity contribution in [2.75, 3.05) is 5.01 Å². The zero-order valence-electron chi connectivity index (χ0n) is 8.48. The Morgan fingerprint density at radius 2 is 1.94 bits per heavy atom. The van der Waals surface area contributed by atoms with Gasteiger partial charge < -0.3 is 0 Å². The molecule has 7 heteroatoms. The number of urea groups is 1. The Balaban J connectivity index is 2.26. The highest BCUT2D eigenvalue weighted by Crippen LogP contribution is 2.18. The van der Waals surface area contributed by atoms with Crippen LogP contribution in [-0.4, -0.2) is 18.0 Å². The van der Waals surface area contributed by atoms with E-state index < -0.39 is 18.0 Å². The molecule has 1 aliphatic rings. The van der Waals surface area contributed by atoms with Gasteiger partial charge >= 0.3 is 6.03 Å². The lowest BCUT2D eigenvalue weighted by atomic mass is 10.2. The van der Waals surface area contributed by atoms with Gasteiger partial charge in [0, 0.05) is 5.02 Å². The summed E-state index contributed by atoms with van der Waals surface area (Å²) in [6.07, 6.45) is 0. The van der Waals surface area contributed by atoms with E-state index in [1.165, 1.54) is 0 Å². The third kappa shape index (κ3) is 2.20. The van der Waals surface area contributed by atoms with Crippen molar-refractivity contribution in [3.63, 3.8) is 0 Å². The number of halogens is 1. The van der Waals surface area contributed by atoms with E-state index in [2.05, 4.69) is 10.7 Å². The number of amides is 3. The van der Waals surface area contributed by atoms with Gasteiger partial charge in [0.1, 0.15) is 0 Å². The maximum Gasteiger partial charge on any atom is 0.343 e. The van der Waals surface area contributed by atoms with Crippen LogP contribution in [0.5, 0.6) is 0 Å². The number of nitriles is 1. The fraction of sp³-hybridized carbons (Fsp3) is 0.100. The summed E-state index contributed by atoms with van der Waals surface area (Å²) in [5.41, 5.74) is 2.99. The molecule has 0 spiro atoms. The Morgan fingerprint density at radius 1 is 1.29 bits per heavy atom. The molecule has 1 aromatic rings. The van der Waals surface area contributed by atoms with Crippen LogP contribution in [0, 0.1) is 11.3 Å². The van der Waals surface area contributed by atoms with Crippen LogP contribution in [-0.2, 0) is 4.79 Å². The van der Waals surface area contributed by atoms with Gasteiger partial charge in [-0.3, -0.25) is 10.1 Å². The molecule has 0 saturated carbocycles. The Morgan fingerprint density at radius 3 is 2.53 bits per heavy atom. The number of carbonyl (C=O) groups is 2. The zero-order valence-corrected chi connectivity index (χ0v) is 9.23. The number of hydrogen-bond donors (Lipinski definition) is 2. The molecule has 0 bridgehead atoms. The third-order valence-corrected chi connectivity index (χ3v) is 2.42. The van der Waals surface area contributed by atoms with Crippen molar-refractivity contribution >= 4 is 29.2 Å². The molecule has 0 aliphatic carbocycles. The van der Waals surface area contributed by atoms with Crippen molar-refractivity contribution < 1.29 is 9.59 Å². The fourth-order valence-electron chi connectivity index (χ4n) is 1.35. The molecule has 6 nitrogen and oxygen atoms in total. The van der Waals surface area contributed by atoms with Crippen molar-refractivity contribution in [2.24, 2.45) is 0 Å². The van der Waals surface area contributed by atoms with Crippen LogP contribution in [0.25, 0.3) is 0 Å². The standard InChI is InChI=1S/C10H7ClN4O2/c11-6-1-3-7(4-2-6)15-10(17)13-9(16)8(5-12)14-15/h1-4,8,14H,(H,13,16,17). The van der Waals surface area contributed by atoms with Crippen molar-refractivity contribution in [3.05, 3.63) is 29.3 Å². The summed E-state index contributed by atoms with van der Waals surface area (Å²) in [5, 5.41) is 12.4. The maximum atomic E-state index is 11.5. The molecule has 1 aromatic carbocycles. The second-order valence-electron chi connectivity index (χ2n) is 3.30. The van der Waals surface area contributed by atoms with E-state index in [-0.39, 0.29) is 0 Å². The highest BCUT2D eigenvalue weighted by atomic mass is 35.5. The maximum absolute atomic E-state index is 11.5. The Bertz CT molecular complexity index is 508. The van der Waals surface area contributed by atoms with Crippen LogP contribution < -0.4 is 15.8 Å². The lowest BCUT2D eigenvalue weighted by molar-refractivity contribution is -0.121. The zero-order chi connectivity index (χ0) is 12.4. The SMILES string of the molecule is N#CC1NN(c2ccc(Cl)cc2)C(=O)NC1=O. The number of benzene rings is 1. The predicted octanol–water partition coefficient (Wildman–Crippen LogP) is 0.793. The second-order valence-corrected chi connectivity index (χ2v) is 3.73. The number of rotatable bonds is 1. The molecule has 3 amide bonds. The van der Waals surface area contributed by atoms with Crippen LogP contribution in [0.3, 0.4) is 0 Å². The van der Waals surface area contributed by atoms with Crippen molar-refractivity contribution in [3.8, 4) is 6.07 Å². The molecule has 1 unspecified atom stereocenters. The highest BCUT2D eigenvalue weighted by molar-refractivity contribution is 6.30. The summed E-state index contributed by atoms with van der Waals surface area (Å²) < 4.78 is 0. The quantitative estimate of drug-likeness (QED) is 0.772. The average Bonchev–Trinajstić information content (AvgIpc) is 2.31. The molecule has 1 saturated heterocycles. The molecule has 0 aromatic heterocycles. The van der Waals surface area contributed by atoms with E-state index >= 15 is 0 Å². The minimum Gasteiger partial charge on any atom is -0.274 e. The average molecular weight is 251 g/mol. The molecule has 2 rings (SSSR count). The summed E-state index contributed by atoms with van der Waals surface area (Å²) >= 11 is 5.72. The molecule has 1 atom stereocenters. The van der Waals surface area contributed by atoms with Gasteiger partial charge in [-0.25, -0.2) is 9.80 Å². The molecule has 86 valence electrons. The van der Waals surface area contributed by atoms with Crippen LogP contribution in [0.15, 0.2) is 24.3 Å². The van der Waals surface area contributed by atoms with E-state index in [0.717, 1.165) is 5.01 Å². The van der Waals surface area contributed by atoms with E-state index in [4.69, 9.17) is 16.9 Å². The van der Waals surface area contributed by atoms with Crippen molar-refractivity contribution in [1.29, 1.82) is 5.26 Å². The number of nitrogens with one attached hydrogen (secondary N) is 2. The van der Waals surface area contributed by atoms with E-state index in [9.17, 15) is 9.59 Å². The summed E-state index contributed by atoms with van der Waals surface area (Å²) in [7, 11) is 0. The number of imide groups is 1. The van der Waals surface area contributed by atoms with Gasteiger partial charge in [0.05, 0.1) is 11.8 Å². The molecule has 2 N–H and O–H groups in total. The number of nitrogens with zero attached hydrogens (tertiary/aromatic N) is 2. The van der Waals surface area contributed by atoms with Gasteiger partial charge in [-0.05, 0) is 24.3 Å². The summed E-state index contributed by atoms with van der Waals surface area (Å²) in [5.74, 6) is -0.664. The molecular weight excluding hydrogens is 244 g/mol. The number of anilines is 1. The van der Waals surface area contributed by atoms with Gasteiger partial charge in [0.25, 0.3) is 5.91 Å². The molecule has 0 radical (unpaired) electrons. The number of hydrazine groups is 1. The summed E-state index contributed by atoms with van der Waals surface area (Å²) in [6.45, 7) is 0. The smallest absolute Gasteiger partial charge is 0.274 e. The molecular formula is C10H7ClN4O2. The van der Waals surface area contributed by atoms with Gasteiger partial charge in [-0.15, -0.1) is 0 Å². The summed E-state index contributed by atoms with van der Waals surface area (Å²) in [4.78, 5) is 22.7. The van der Waals surface area contributed by atoms with Crippen LogP contribution in [0.4, 0.5) is 10.5 Å². The van der Waals surface area contributed by atoms with Gasteiger partial charge in [-0.2, -0.15) is 10.7 Å². The van der Waals surface area contributed by atoms with Crippen molar-refractivity contribution in [2.45, 2.75) is 6.04 Å². The normalized spacial score (nSPS) is 19.8. The summed E-state index contributed by atoms with van der Waals surface area (Å²) in [6, 6.07) is 6.41. The highest BCUT2D eigenvalue weighted by Gasteiger charge is 2.32. The van der Waals surface area contributed by atoms with Gasteiger partial charge in [0.2, 0.25) is 0 Å². The first kappa shape index (κ1) is 11.4. The topological polar surface area (TPSA) is 85.2 Å². The minimum absolute atomic E-state index is 0.486. The van der Waals surface area contributed by atoms with Crippen molar-refractivity contribution in [1.82, 2.24) is 10.7 Å². The predicted molar refractivity (Wildman–Crippen MR) is 60.0 cm³/mol. The van der Waals surface area contributed by atoms with Gasteiger partial charge in [0.15, 0.2) is 6.04 Å². The van der Waals surface area contributed by atoms with Crippen LogP contribution >= 0.6 is 11.6 Å².